The lowest BCUT2D eigenvalue weighted by atomic mass is 10.2. The van der Waals surface area contributed by atoms with Crippen molar-refractivity contribution in [3.63, 3.8) is 0 Å². The van der Waals surface area contributed by atoms with E-state index in [9.17, 15) is 13.2 Å². The number of methoxy groups -OCH3 is 1. The minimum Gasteiger partial charge on any atom is -0.383 e. The molecule has 1 amide bonds. The minimum absolute atomic E-state index is 0.0371. The van der Waals surface area contributed by atoms with Gasteiger partial charge in [0.15, 0.2) is 15.0 Å². The molecule has 118 valence electrons. The summed E-state index contributed by atoms with van der Waals surface area (Å²) in [5.41, 5.74) is 0. The molecule has 1 fully saturated rings. The van der Waals surface area contributed by atoms with E-state index in [1.807, 2.05) is 0 Å². The lowest BCUT2D eigenvalue weighted by Gasteiger charge is -2.27. The maximum Gasteiger partial charge on any atom is 0.233 e. The van der Waals surface area contributed by atoms with Gasteiger partial charge in [0.05, 0.1) is 23.9 Å². The van der Waals surface area contributed by atoms with E-state index >= 15 is 0 Å². The van der Waals surface area contributed by atoms with Crippen LogP contribution < -0.4 is 0 Å². The number of hydrogen-bond acceptors (Lipinski definition) is 7. The van der Waals surface area contributed by atoms with E-state index in [-0.39, 0.29) is 29.2 Å². The molecule has 0 aliphatic carbocycles. The molecule has 2 heterocycles. The first-order valence-electron chi connectivity index (χ1n) is 6.49. The summed E-state index contributed by atoms with van der Waals surface area (Å²) in [6, 6.07) is -0.257. The van der Waals surface area contributed by atoms with Crippen molar-refractivity contribution in [2.75, 3.05) is 37.5 Å². The number of sulfone groups is 1. The van der Waals surface area contributed by atoms with E-state index in [4.69, 9.17) is 4.74 Å². The Morgan fingerprint density at radius 2 is 2.43 bits per heavy atom. The fourth-order valence-corrected chi connectivity index (χ4v) is 4.59. The maximum absolute atomic E-state index is 12.3. The van der Waals surface area contributed by atoms with Gasteiger partial charge in [-0.15, -0.1) is 0 Å². The fraction of sp³-hybridized carbons (Fsp3) is 0.727. The van der Waals surface area contributed by atoms with Crippen LogP contribution in [0.15, 0.2) is 11.5 Å². The summed E-state index contributed by atoms with van der Waals surface area (Å²) in [4.78, 5) is 17.9. The topological polar surface area (TPSA) is 105 Å². The molecule has 1 aliphatic rings. The van der Waals surface area contributed by atoms with Crippen LogP contribution in [0.1, 0.15) is 6.42 Å². The molecular formula is C11H18N4O4S2. The van der Waals surface area contributed by atoms with Gasteiger partial charge < -0.3 is 9.64 Å². The Morgan fingerprint density at radius 3 is 3.00 bits per heavy atom. The van der Waals surface area contributed by atoms with E-state index in [1.54, 1.807) is 12.0 Å². The number of ether oxygens (including phenoxy) is 1. The first-order valence-corrected chi connectivity index (χ1v) is 9.29. The number of H-pyrrole nitrogens is 1. The average Bonchev–Trinajstić information content (AvgIpc) is 3.06. The number of aromatic nitrogens is 3. The van der Waals surface area contributed by atoms with Crippen molar-refractivity contribution in [2.24, 2.45) is 0 Å². The summed E-state index contributed by atoms with van der Waals surface area (Å²) in [6.45, 7) is 0.780. The molecular weight excluding hydrogens is 316 g/mol. The molecule has 10 heteroatoms. The van der Waals surface area contributed by atoms with Crippen LogP contribution in [0.2, 0.25) is 0 Å². The molecule has 1 saturated heterocycles. The van der Waals surface area contributed by atoms with Gasteiger partial charge in [0.25, 0.3) is 0 Å². The number of nitrogens with one attached hydrogen (secondary N) is 1. The van der Waals surface area contributed by atoms with Gasteiger partial charge in [0.1, 0.15) is 6.33 Å². The quantitative estimate of drug-likeness (QED) is 0.674. The predicted molar refractivity (Wildman–Crippen MR) is 77.8 cm³/mol. The third-order valence-electron chi connectivity index (χ3n) is 3.23. The van der Waals surface area contributed by atoms with E-state index in [1.165, 1.54) is 18.1 Å². The third kappa shape index (κ3) is 4.68. The molecule has 1 atom stereocenters. The number of carbonyl (C=O) groups is 1. The highest BCUT2D eigenvalue weighted by atomic mass is 32.2. The van der Waals surface area contributed by atoms with Crippen LogP contribution in [0.3, 0.4) is 0 Å². The molecule has 1 aromatic rings. The minimum atomic E-state index is -3.03. The molecule has 0 spiro atoms. The van der Waals surface area contributed by atoms with Crippen molar-refractivity contribution in [2.45, 2.75) is 17.6 Å². The first-order chi connectivity index (χ1) is 10.0. The van der Waals surface area contributed by atoms with Crippen molar-refractivity contribution in [3.05, 3.63) is 6.33 Å². The molecule has 21 heavy (non-hydrogen) atoms. The Balaban J connectivity index is 1.96. The van der Waals surface area contributed by atoms with E-state index in [2.05, 4.69) is 15.2 Å². The lowest BCUT2D eigenvalue weighted by molar-refractivity contribution is -0.130. The Morgan fingerprint density at radius 1 is 1.62 bits per heavy atom. The molecule has 8 nitrogen and oxygen atoms in total. The monoisotopic (exact) mass is 334 g/mol. The summed E-state index contributed by atoms with van der Waals surface area (Å²) in [5.74, 6) is 0.254. The zero-order chi connectivity index (χ0) is 15.3. The second kappa shape index (κ2) is 7.23. The van der Waals surface area contributed by atoms with Crippen LogP contribution in [0.25, 0.3) is 0 Å². The Hall–Kier alpha value is -1.13. The van der Waals surface area contributed by atoms with Crippen LogP contribution in [0.4, 0.5) is 0 Å². The van der Waals surface area contributed by atoms with Crippen LogP contribution in [0.5, 0.6) is 0 Å². The van der Waals surface area contributed by atoms with Gasteiger partial charge in [-0.05, 0) is 6.42 Å². The van der Waals surface area contributed by atoms with Gasteiger partial charge in [-0.3, -0.25) is 9.89 Å². The normalized spacial score (nSPS) is 20.5. The molecule has 1 aliphatic heterocycles. The van der Waals surface area contributed by atoms with Gasteiger partial charge in [-0.1, -0.05) is 11.8 Å². The summed E-state index contributed by atoms with van der Waals surface area (Å²) in [6.07, 6.45) is 1.86. The van der Waals surface area contributed by atoms with Crippen LogP contribution in [-0.4, -0.2) is 78.0 Å². The number of carbonyl (C=O) groups excluding carboxylic acids is 1. The highest BCUT2D eigenvalue weighted by molar-refractivity contribution is 7.99. The molecule has 0 saturated carbocycles. The van der Waals surface area contributed by atoms with Gasteiger partial charge in [-0.25, -0.2) is 13.4 Å². The molecule has 0 aromatic carbocycles. The van der Waals surface area contributed by atoms with Crippen molar-refractivity contribution in [1.82, 2.24) is 20.1 Å². The smallest absolute Gasteiger partial charge is 0.233 e. The Labute approximate surface area is 127 Å². The van der Waals surface area contributed by atoms with Gasteiger partial charge >= 0.3 is 0 Å². The molecule has 0 radical (unpaired) electrons. The van der Waals surface area contributed by atoms with E-state index in [0.29, 0.717) is 24.7 Å². The van der Waals surface area contributed by atoms with Crippen molar-refractivity contribution >= 4 is 27.5 Å². The highest BCUT2D eigenvalue weighted by Gasteiger charge is 2.34. The van der Waals surface area contributed by atoms with Crippen molar-refractivity contribution in [3.8, 4) is 0 Å². The van der Waals surface area contributed by atoms with Gasteiger partial charge in [0.2, 0.25) is 5.91 Å². The number of hydrogen-bond donors (Lipinski definition) is 1. The molecule has 0 unspecified atom stereocenters. The number of nitrogens with zero attached hydrogens (tertiary/aromatic N) is 3. The standard InChI is InChI=1S/C11H18N4O4S2/c1-19-4-3-15(9-2-5-21(17,18)7-9)10(16)6-20-11-12-8-13-14-11/h8-9H,2-7H2,1H3,(H,12,13,14)/t9-/m1/s1. The van der Waals surface area contributed by atoms with Crippen LogP contribution in [-0.2, 0) is 19.4 Å². The molecule has 0 bridgehead atoms. The number of amides is 1. The van der Waals surface area contributed by atoms with E-state index in [0.717, 1.165) is 0 Å². The maximum atomic E-state index is 12.3. The Kier molecular flexibility index (Phi) is 5.59. The van der Waals surface area contributed by atoms with Crippen molar-refractivity contribution < 1.29 is 17.9 Å². The Bertz CT molecular complexity index is 561. The second-order valence-electron chi connectivity index (χ2n) is 4.72. The SMILES string of the molecule is COCCN(C(=O)CSc1ncn[nH]1)[C@@H]1CCS(=O)(=O)C1. The molecule has 2 rings (SSSR count). The summed E-state index contributed by atoms with van der Waals surface area (Å²) in [5, 5.41) is 6.94. The van der Waals surface area contributed by atoms with Crippen LogP contribution in [0, 0.1) is 0 Å². The summed E-state index contributed by atoms with van der Waals surface area (Å²) in [7, 11) is -1.47. The van der Waals surface area contributed by atoms with Crippen molar-refractivity contribution in [1.29, 1.82) is 0 Å². The zero-order valence-electron chi connectivity index (χ0n) is 11.7. The number of rotatable bonds is 7. The van der Waals surface area contributed by atoms with Gasteiger partial charge in [0, 0.05) is 19.7 Å². The average molecular weight is 334 g/mol. The number of aromatic amines is 1. The van der Waals surface area contributed by atoms with Gasteiger partial charge in [-0.2, -0.15) is 5.10 Å². The third-order valence-corrected chi connectivity index (χ3v) is 5.84. The highest BCUT2D eigenvalue weighted by Crippen LogP contribution is 2.20. The molecule has 1 aromatic heterocycles. The predicted octanol–water partition coefficient (Wildman–Crippen LogP) is -0.441. The largest absolute Gasteiger partial charge is 0.383 e. The van der Waals surface area contributed by atoms with E-state index < -0.39 is 9.84 Å². The first kappa shape index (κ1) is 16.2. The summed E-state index contributed by atoms with van der Waals surface area (Å²) >= 11 is 1.25. The lowest BCUT2D eigenvalue weighted by Crippen LogP contribution is -2.44. The molecule has 1 N–H and O–H groups in total. The fourth-order valence-electron chi connectivity index (χ4n) is 2.20. The second-order valence-corrected chi connectivity index (χ2v) is 7.91. The number of thioether (sulfide) groups is 1. The van der Waals surface area contributed by atoms with Crippen LogP contribution >= 0.6 is 11.8 Å². The summed E-state index contributed by atoms with van der Waals surface area (Å²) < 4.78 is 28.2. The zero-order valence-corrected chi connectivity index (χ0v) is 13.3.